The zero-order valence-electron chi connectivity index (χ0n) is 18.0. The molecular weight excluding hydrogens is 448 g/mol. The van der Waals surface area contributed by atoms with Crippen LogP contribution < -0.4 is 5.32 Å². The molecule has 2 aromatic heterocycles. The molecule has 0 radical (unpaired) electrons. The van der Waals surface area contributed by atoms with Crippen LogP contribution in [0, 0.1) is 17.8 Å². The third kappa shape index (κ3) is 3.51. The quantitative estimate of drug-likeness (QED) is 0.699. The van der Waals surface area contributed by atoms with Crippen molar-refractivity contribution in [3.8, 4) is 0 Å². The van der Waals surface area contributed by atoms with Gasteiger partial charge in [0.2, 0.25) is 10.2 Å². The number of amides is 1. The van der Waals surface area contributed by atoms with E-state index < -0.39 is 15.9 Å². The van der Waals surface area contributed by atoms with Crippen molar-refractivity contribution in [2.75, 3.05) is 18.4 Å². The summed E-state index contributed by atoms with van der Waals surface area (Å²) in [5.74, 6) is 1.90. The molecule has 4 aliphatic carbocycles. The van der Waals surface area contributed by atoms with Crippen LogP contribution in [0.5, 0.6) is 0 Å². The summed E-state index contributed by atoms with van der Waals surface area (Å²) in [4.78, 5) is 12.7. The van der Waals surface area contributed by atoms with E-state index in [0.29, 0.717) is 18.2 Å². The number of carbonyl (C=O) groups is 1. The van der Waals surface area contributed by atoms with Gasteiger partial charge in [-0.1, -0.05) is 17.8 Å². The number of furan rings is 1. The van der Waals surface area contributed by atoms with Gasteiger partial charge in [0.05, 0.1) is 0 Å². The molecule has 32 heavy (non-hydrogen) atoms. The Labute approximate surface area is 191 Å². The molecular formula is C22H28N4O4S2. The van der Waals surface area contributed by atoms with E-state index in [4.69, 9.17) is 4.42 Å². The lowest BCUT2D eigenvalue weighted by Crippen LogP contribution is -2.48. The first-order chi connectivity index (χ1) is 15.4. The van der Waals surface area contributed by atoms with Crippen molar-refractivity contribution in [1.82, 2.24) is 14.5 Å². The van der Waals surface area contributed by atoms with Gasteiger partial charge in [-0.2, -0.15) is 4.31 Å². The number of sulfonamides is 1. The summed E-state index contributed by atoms with van der Waals surface area (Å²) in [6.45, 7) is 0.977. The van der Waals surface area contributed by atoms with Gasteiger partial charge in [0.1, 0.15) is 5.01 Å². The van der Waals surface area contributed by atoms with Gasteiger partial charge in [0.15, 0.2) is 5.76 Å². The SMILES string of the molecule is O=C(Nc1nnc(C23CC4CC(CC(C4)C2)C3)s1)c1ccc(S(=O)(=O)N2CCCCC2)o1. The number of carbonyl (C=O) groups excluding carboxylic acids is 1. The van der Waals surface area contributed by atoms with E-state index in [2.05, 4.69) is 15.5 Å². The van der Waals surface area contributed by atoms with Crippen molar-refractivity contribution in [3.63, 3.8) is 0 Å². The highest BCUT2D eigenvalue weighted by molar-refractivity contribution is 7.89. The van der Waals surface area contributed by atoms with E-state index >= 15 is 0 Å². The number of aromatic nitrogens is 2. The zero-order valence-corrected chi connectivity index (χ0v) is 19.6. The van der Waals surface area contributed by atoms with Crippen molar-refractivity contribution in [3.05, 3.63) is 22.9 Å². The van der Waals surface area contributed by atoms with Crippen molar-refractivity contribution in [2.45, 2.75) is 68.3 Å². The standard InChI is InChI=1S/C22H28N4O4S2/c27-19(17-4-5-18(30-17)32(28,29)26-6-2-1-3-7-26)23-21-25-24-20(31-21)22-11-14-8-15(12-22)10-16(9-14)13-22/h4-5,14-16H,1-3,6-13H2,(H,23,25,27). The molecule has 0 aromatic carbocycles. The summed E-state index contributed by atoms with van der Waals surface area (Å²) in [6.07, 6.45) is 10.4. The van der Waals surface area contributed by atoms with E-state index in [9.17, 15) is 13.2 Å². The molecule has 172 valence electrons. The van der Waals surface area contributed by atoms with Gasteiger partial charge in [-0.05, 0) is 81.3 Å². The fourth-order valence-corrected chi connectivity index (χ4v) is 9.22. The molecule has 8 nitrogen and oxygen atoms in total. The molecule has 1 aliphatic heterocycles. The summed E-state index contributed by atoms with van der Waals surface area (Å²) in [5.41, 5.74) is 0.135. The van der Waals surface area contributed by atoms with Crippen LogP contribution in [0.15, 0.2) is 21.6 Å². The van der Waals surface area contributed by atoms with Gasteiger partial charge < -0.3 is 4.42 Å². The highest BCUT2D eigenvalue weighted by Crippen LogP contribution is 2.61. The molecule has 10 heteroatoms. The van der Waals surface area contributed by atoms with Crippen LogP contribution in [0.25, 0.3) is 0 Å². The van der Waals surface area contributed by atoms with Gasteiger partial charge in [-0.25, -0.2) is 8.42 Å². The second-order valence-corrected chi connectivity index (χ2v) is 13.0. The summed E-state index contributed by atoms with van der Waals surface area (Å²) >= 11 is 1.46. The van der Waals surface area contributed by atoms with E-state index in [0.717, 1.165) is 42.0 Å². The molecule has 0 spiro atoms. The normalized spacial score (nSPS) is 32.3. The molecule has 1 N–H and O–H groups in total. The lowest BCUT2D eigenvalue weighted by atomic mass is 9.50. The van der Waals surface area contributed by atoms with Crippen molar-refractivity contribution in [1.29, 1.82) is 0 Å². The minimum atomic E-state index is -3.71. The van der Waals surface area contributed by atoms with Gasteiger partial charge in [-0.3, -0.25) is 10.1 Å². The Morgan fingerprint density at radius 1 is 1.03 bits per heavy atom. The van der Waals surface area contributed by atoms with Gasteiger partial charge in [-0.15, -0.1) is 10.2 Å². The van der Waals surface area contributed by atoms with E-state index in [1.54, 1.807) is 0 Å². The molecule has 3 heterocycles. The summed E-state index contributed by atoms with van der Waals surface area (Å²) in [5, 5.41) is 12.8. The largest absolute Gasteiger partial charge is 0.438 e. The third-order valence-electron chi connectivity index (χ3n) is 7.85. The predicted molar refractivity (Wildman–Crippen MR) is 119 cm³/mol. The molecule has 5 aliphatic rings. The lowest BCUT2D eigenvalue weighted by molar-refractivity contribution is -0.00555. The molecule has 5 fully saturated rings. The van der Waals surface area contributed by atoms with Gasteiger partial charge >= 0.3 is 0 Å². The molecule has 1 saturated heterocycles. The highest BCUT2D eigenvalue weighted by atomic mass is 32.2. The fraction of sp³-hybridized carbons (Fsp3) is 0.682. The van der Waals surface area contributed by atoms with Crippen molar-refractivity contribution >= 4 is 32.4 Å². The number of nitrogens with one attached hydrogen (secondary N) is 1. The molecule has 4 bridgehead atoms. The minimum Gasteiger partial charge on any atom is -0.438 e. The summed E-state index contributed by atoms with van der Waals surface area (Å²) < 4.78 is 32.4. The maximum absolute atomic E-state index is 12.8. The highest BCUT2D eigenvalue weighted by Gasteiger charge is 2.53. The van der Waals surface area contributed by atoms with Crippen molar-refractivity contribution in [2.24, 2.45) is 17.8 Å². The fourth-order valence-electron chi connectivity index (χ4n) is 6.83. The minimum absolute atomic E-state index is 0.0351. The first-order valence-electron chi connectivity index (χ1n) is 11.7. The molecule has 2 aromatic rings. The first kappa shape index (κ1) is 20.8. The average Bonchev–Trinajstić information content (AvgIpc) is 3.44. The average molecular weight is 477 g/mol. The van der Waals surface area contributed by atoms with Crippen LogP contribution in [0.1, 0.15) is 73.3 Å². The van der Waals surface area contributed by atoms with Crippen LogP contribution in [0.2, 0.25) is 0 Å². The van der Waals surface area contributed by atoms with E-state index in [1.165, 1.54) is 66.3 Å². The maximum atomic E-state index is 12.8. The Balaban J connectivity index is 1.16. The van der Waals surface area contributed by atoms with Crippen LogP contribution in [-0.4, -0.2) is 41.9 Å². The molecule has 0 unspecified atom stereocenters. The molecule has 7 rings (SSSR count). The molecule has 1 amide bonds. The van der Waals surface area contributed by atoms with Crippen LogP contribution in [0.4, 0.5) is 5.13 Å². The number of piperidine rings is 1. The Morgan fingerprint density at radius 3 is 2.34 bits per heavy atom. The Bertz CT molecular complexity index is 1100. The van der Waals surface area contributed by atoms with Crippen LogP contribution in [0.3, 0.4) is 0 Å². The summed E-state index contributed by atoms with van der Waals surface area (Å²) in [7, 11) is -3.71. The Morgan fingerprint density at radius 2 is 1.69 bits per heavy atom. The van der Waals surface area contributed by atoms with E-state index in [1.807, 2.05) is 0 Å². The molecule has 0 atom stereocenters. The second-order valence-electron chi connectivity index (χ2n) is 10.1. The molecule has 4 saturated carbocycles. The van der Waals surface area contributed by atoms with Crippen LogP contribution in [-0.2, 0) is 15.4 Å². The van der Waals surface area contributed by atoms with Crippen LogP contribution >= 0.6 is 11.3 Å². The van der Waals surface area contributed by atoms with Crippen molar-refractivity contribution < 1.29 is 17.6 Å². The Hall–Kier alpha value is -1.78. The van der Waals surface area contributed by atoms with Gasteiger partial charge in [0.25, 0.3) is 15.9 Å². The lowest BCUT2D eigenvalue weighted by Gasteiger charge is -2.55. The number of nitrogens with zero attached hydrogens (tertiary/aromatic N) is 3. The smallest absolute Gasteiger partial charge is 0.293 e. The number of rotatable bonds is 5. The number of anilines is 1. The monoisotopic (exact) mass is 476 g/mol. The van der Waals surface area contributed by atoms with Gasteiger partial charge in [0, 0.05) is 18.5 Å². The van der Waals surface area contributed by atoms with E-state index in [-0.39, 0.29) is 16.3 Å². The topological polar surface area (TPSA) is 105 Å². The Kier molecular flexibility index (Phi) is 4.96. The zero-order chi connectivity index (χ0) is 21.9. The third-order valence-corrected chi connectivity index (χ3v) is 10.7. The number of hydrogen-bond acceptors (Lipinski definition) is 7. The predicted octanol–water partition coefficient (Wildman–Crippen LogP) is 4.03. The maximum Gasteiger partial charge on any atom is 0.293 e. The second kappa shape index (κ2) is 7.63. The summed E-state index contributed by atoms with van der Waals surface area (Å²) in [6, 6.07) is 2.77. The first-order valence-corrected chi connectivity index (χ1v) is 13.9. The number of hydrogen-bond donors (Lipinski definition) is 1.